The number of benzene rings is 7. The highest BCUT2D eigenvalue weighted by Crippen LogP contribution is 2.40. The van der Waals surface area contributed by atoms with E-state index in [2.05, 4.69) is 184 Å². The first-order valence-electron chi connectivity index (χ1n) is 18.2. The highest BCUT2D eigenvalue weighted by atomic mass is 32.1. The van der Waals surface area contributed by atoms with Crippen molar-refractivity contribution in [2.24, 2.45) is 0 Å². The third kappa shape index (κ3) is 4.20. The Balaban J connectivity index is 1.10. The average molecular weight is 708 g/mol. The third-order valence-corrected chi connectivity index (χ3v) is 12.0. The van der Waals surface area contributed by atoms with Gasteiger partial charge in [0.1, 0.15) is 10.8 Å². The fourth-order valence-electron chi connectivity index (χ4n) is 8.59. The fourth-order valence-corrected chi connectivity index (χ4v) is 9.55. The van der Waals surface area contributed by atoms with Crippen molar-refractivity contribution in [2.75, 3.05) is 0 Å². The van der Waals surface area contributed by atoms with Gasteiger partial charge in [0, 0.05) is 55.8 Å². The minimum atomic E-state index is 0.873. The summed E-state index contributed by atoms with van der Waals surface area (Å²) in [7, 11) is 0. The molecule has 6 heteroatoms. The number of hydrogen-bond acceptors (Lipinski definition) is 3. The van der Waals surface area contributed by atoms with E-state index in [-0.39, 0.29) is 0 Å². The molecule has 0 saturated carbocycles. The molecule has 0 radical (unpaired) electrons. The van der Waals surface area contributed by atoms with E-state index in [1.165, 1.54) is 53.6 Å². The summed E-state index contributed by atoms with van der Waals surface area (Å²) in [5, 5.41) is 8.34. The van der Waals surface area contributed by atoms with Crippen LogP contribution in [0, 0.1) is 0 Å². The minimum Gasteiger partial charge on any atom is -0.309 e. The van der Waals surface area contributed by atoms with Gasteiger partial charge in [0.05, 0.1) is 49.0 Å². The minimum absolute atomic E-state index is 0.873. The molecule has 12 aromatic rings. The number of aromatic nitrogens is 5. The van der Waals surface area contributed by atoms with E-state index in [0.717, 1.165) is 49.8 Å². The van der Waals surface area contributed by atoms with Gasteiger partial charge in [0.25, 0.3) is 0 Å². The van der Waals surface area contributed by atoms with Gasteiger partial charge in [0.15, 0.2) is 0 Å². The molecule has 0 fully saturated rings. The van der Waals surface area contributed by atoms with Gasteiger partial charge in [-0.25, -0.2) is 9.97 Å². The van der Waals surface area contributed by atoms with Crippen LogP contribution in [0.4, 0.5) is 0 Å². The Morgan fingerprint density at radius 1 is 0.389 bits per heavy atom. The van der Waals surface area contributed by atoms with Crippen LogP contribution in [-0.2, 0) is 0 Å². The number of fused-ring (bicyclic) bond motifs is 10. The maximum absolute atomic E-state index is 5.04. The van der Waals surface area contributed by atoms with Crippen LogP contribution in [0.3, 0.4) is 0 Å². The summed E-state index contributed by atoms with van der Waals surface area (Å²) in [6, 6.07) is 61.0. The summed E-state index contributed by atoms with van der Waals surface area (Å²) in [6.07, 6.45) is 1.94. The van der Waals surface area contributed by atoms with E-state index >= 15 is 0 Å². The van der Waals surface area contributed by atoms with Crippen molar-refractivity contribution >= 4 is 87.0 Å². The van der Waals surface area contributed by atoms with Crippen LogP contribution in [-0.4, -0.2) is 23.7 Å². The van der Waals surface area contributed by atoms with Crippen molar-refractivity contribution in [1.29, 1.82) is 0 Å². The molecule has 0 saturated heterocycles. The molecule has 54 heavy (non-hydrogen) atoms. The molecule has 0 atom stereocenters. The van der Waals surface area contributed by atoms with Gasteiger partial charge in [-0.1, -0.05) is 103 Å². The van der Waals surface area contributed by atoms with Gasteiger partial charge >= 0.3 is 0 Å². The molecule has 0 aliphatic carbocycles. The second-order valence-corrected chi connectivity index (χ2v) is 14.9. The maximum atomic E-state index is 5.04. The summed E-state index contributed by atoms with van der Waals surface area (Å²) in [5.74, 6) is 0.873. The Labute approximate surface area is 313 Å². The van der Waals surface area contributed by atoms with Crippen LogP contribution in [0.5, 0.6) is 0 Å². The van der Waals surface area contributed by atoms with E-state index in [1.54, 1.807) is 11.3 Å². The molecule has 7 aromatic carbocycles. The Hall–Kier alpha value is -7.02. The van der Waals surface area contributed by atoms with Crippen molar-refractivity contribution in [3.63, 3.8) is 0 Å². The number of nitrogens with zero attached hydrogens (tertiary/aromatic N) is 5. The van der Waals surface area contributed by atoms with Crippen LogP contribution in [0.1, 0.15) is 0 Å². The Morgan fingerprint density at radius 3 is 1.54 bits per heavy atom. The number of rotatable bonds is 4. The lowest BCUT2D eigenvalue weighted by atomic mass is 10.1. The monoisotopic (exact) mass is 707 g/mol. The first-order valence-corrected chi connectivity index (χ1v) is 19.0. The molecule has 0 spiro atoms. The lowest BCUT2D eigenvalue weighted by molar-refractivity contribution is 1.05. The van der Waals surface area contributed by atoms with E-state index in [9.17, 15) is 0 Å². The molecule has 5 aromatic heterocycles. The molecule has 12 rings (SSSR count). The zero-order valence-corrected chi connectivity index (χ0v) is 29.7. The van der Waals surface area contributed by atoms with E-state index in [4.69, 9.17) is 9.97 Å². The molecule has 5 nitrogen and oxygen atoms in total. The Bertz CT molecular complexity index is 3380. The van der Waals surface area contributed by atoms with Crippen LogP contribution < -0.4 is 0 Å². The molecule has 0 amide bonds. The summed E-state index contributed by atoms with van der Waals surface area (Å²) >= 11 is 1.74. The average Bonchev–Trinajstić information content (AvgIpc) is 3.98. The van der Waals surface area contributed by atoms with Crippen molar-refractivity contribution in [2.45, 2.75) is 0 Å². The molecule has 0 N–H and O–H groups in total. The molecule has 0 aliphatic heterocycles. The standard InChI is InChI=1S/C48H29N5S/c1-6-16-40-33(11-1)34-12-2-7-17-41(34)51(40)32-25-26-49-47(29-32)53-43-19-9-4-14-36(43)38-24-22-31(28-45(38)53)52-42-18-8-3-13-35(42)37-23-21-30(27-44(37)52)48-50-39-15-5-10-20-46(39)54-48/h1-29H. The lowest BCUT2D eigenvalue weighted by Gasteiger charge is -2.13. The van der Waals surface area contributed by atoms with E-state index in [0.29, 0.717) is 0 Å². The van der Waals surface area contributed by atoms with Crippen molar-refractivity contribution in [3.05, 3.63) is 176 Å². The third-order valence-electron chi connectivity index (χ3n) is 10.9. The SMILES string of the molecule is c1ccc2sc(-c3ccc4c5ccccc5n(-c5ccc6c7ccccc7n(-c7cc(-n8c9ccccc9c9ccccc98)ccn7)c6c5)c4c3)nc2c1. The van der Waals surface area contributed by atoms with Crippen molar-refractivity contribution in [3.8, 4) is 27.8 Å². The predicted octanol–water partition coefficient (Wildman–Crippen LogP) is 12.6. The summed E-state index contributed by atoms with van der Waals surface area (Å²) in [6.45, 7) is 0. The molecule has 5 heterocycles. The second-order valence-electron chi connectivity index (χ2n) is 13.9. The van der Waals surface area contributed by atoms with Crippen molar-refractivity contribution < 1.29 is 0 Å². The second kappa shape index (κ2) is 11.2. The number of thiazole rings is 1. The van der Waals surface area contributed by atoms with Crippen LogP contribution in [0.15, 0.2) is 176 Å². The normalized spacial score (nSPS) is 12.1. The molecule has 252 valence electrons. The van der Waals surface area contributed by atoms with Gasteiger partial charge in [-0.2, -0.15) is 0 Å². The van der Waals surface area contributed by atoms with Gasteiger partial charge in [-0.3, -0.25) is 4.57 Å². The smallest absolute Gasteiger partial charge is 0.139 e. The summed E-state index contributed by atoms with van der Waals surface area (Å²) in [5.41, 5.74) is 11.2. The van der Waals surface area contributed by atoms with Crippen LogP contribution in [0.2, 0.25) is 0 Å². The Morgan fingerprint density at radius 2 is 0.889 bits per heavy atom. The summed E-state index contributed by atoms with van der Waals surface area (Å²) < 4.78 is 8.29. The molecule has 0 aliphatic rings. The van der Waals surface area contributed by atoms with Crippen molar-refractivity contribution in [1.82, 2.24) is 23.7 Å². The number of pyridine rings is 1. The van der Waals surface area contributed by atoms with E-state index < -0.39 is 0 Å². The molecule has 0 bridgehead atoms. The van der Waals surface area contributed by atoms with Gasteiger partial charge in [-0.15, -0.1) is 11.3 Å². The quantitative estimate of drug-likeness (QED) is 0.183. The van der Waals surface area contributed by atoms with Gasteiger partial charge < -0.3 is 9.13 Å². The fraction of sp³-hybridized carbons (Fsp3) is 0. The van der Waals surface area contributed by atoms with Crippen LogP contribution >= 0.6 is 11.3 Å². The predicted molar refractivity (Wildman–Crippen MR) is 226 cm³/mol. The zero-order chi connectivity index (χ0) is 35.3. The molecular weight excluding hydrogens is 679 g/mol. The molecule has 0 unspecified atom stereocenters. The highest BCUT2D eigenvalue weighted by Gasteiger charge is 2.19. The zero-order valence-electron chi connectivity index (χ0n) is 28.9. The summed E-state index contributed by atoms with van der Waals surface area (Å²) in [4.78, 5) is 10.1. The van der Waals surface area contributed by atoms with E-state index in [1.807, 2.05) is 6.20 Å². The van der Waals surface area contributed by atoms with Gasteiger partial charge in [-0.05, 0) is 60.7 Å². The maximum Gasteiger partial charge on any atom is 0.139 e. The lowest BCUT2D eigenvalue weighted by Crippen LogP contribution is -2.01. The van der Waals surface area contributed by atoms with Crippen LogP contribution in [0.25, 0.3) is 103 Å². The first kappa shape index (κ1) is 29.5. The topological polar surface area (TPSA) is 40.6 Å². The number of hydrogen-bond donors (Lipinski definition) is 0. The van der Waals surface area contributed by atoms with Gasteiger partial charge in [0.2, 0.25) is 0 Å². The number of para-hydroxylation sites is 5. The molecular formula is C48H29N5S. The Kier molecular flexibility index (Phi) is 6.15. The largest absolute Gasteiger partial charge is 0.309 e. The first-order chi connectivity index (χ1) is 26.8. The highest BCUT2D eigenvalue weighted by molar-refractivity contribution is 7.21.